The van der Waals surface area contributed by atoms with Crippen LogP contribution >= 0.6 is 11.8 Å². The van der Waals surface area contributed by atoms with Crippen molar-refractivity contribution >= 4 is 28.5 Å². The van der Waals surface area contributed by atoms with Crippen molar-refractivity contribution in [3.05, 3.63) is 54.4 Å². The molecule has 0 radical (unpaired) electrons. The molecule has 4 nitrogen and oxygen atoms in total. The van der Waals surface area contributed by atoms with Crippen LogP contribution in [-0.2, 0) is 4.79 Å². The minimum atomic E-state index is -0.941. The first-order valence-corrected chi connectivity index (χ1v) is 8.16. The zero-order valence-electron chi connectivity index (χ0n) is 13.3. The monoisotopic (exact) mass is 326 g/mol. The molecule has 0 amide bonds. The molecule has 0 aliphatic rings. The fourth-order valence-corrected chi connectivity index (χ4v) is 3.38. The third-order valence-electron chi connectivity index (χ3n) is 3.85. The van der Waals surface area contributed by atoms with E-state index in [4.69, 9.17) is 0 Å². The molecule has 3 rings (SSSR count). The molecule has 0 bridgehead atoms. The standard InChI is InChI=1S/C18H18N2O2S/c1-12-8-9-15(14-7-5-4-6-13(12)14)20-11-10-19-17(20)23-18(2,3)16(21)22/h4-11H,1-3H3,(H,21,22). The highest BCUT2D eigenvalue weighted by atomic mass is 32.2. The summed E-state index contributed by atoms with van der Waals surface area (Å²) in [6.45, 7) is 5.46. The van der Waals surface area contributed by atoms with Gasteiger partial charge in [-0.2, -0.15) is 0 Å². The van der Waals surface area contributed by atoms with Crippen LogP contribution in [-0.4, -0.2) is 25.4 Å². The zero-order chi connectivity index (χ0) is 16.6. The molecular formula is C18H18N2O2S. The number of rotatable bonds is 4. The Labute approximate surface area is 139 Å². The number of aliphatic carboxylic acids is 1. The van der Waals surface area contributed by atoms with Crippen molar-refractivity contribution in [3.8, 4) is 5.69 Å². The predicted molar refractivity (Wildman–Crippen MR) is 93.4 cm³/mol. The van der Waals surface area contributed by atoms with E-state index < -0.39 is 10.7 Å². The van der Waals surface area contributed by atoms with E-state index in [2.05, 4.69) is 36.2 Å². The van der Waals surface area contributed by atoms with Gasteiger partial charge in [-0.05, 0) is 37.8 Å². The highest BCUT2D eigenvalue weighted by Gasteiger charge is 2.30. The fourth-order valence-electron chi connectivity index (χ4n) is 2.46. The summed E-state index contributed by atoms with van der Waals surface area (Å²) in [5, 5.41) is 12.3. The van der Waals surface area contributed by atoms with Crippen LogP contribution in [0.1, 0.15) is 19.4 Å². The van der Waals surface area contributed by atoms with Gasteiger partial charge >= 0.3 is 5.97 Å². The lowest BCUT2D eigenvalue weighted by atomic mass is 10.0. The normalized spacial score (nSPS) is 11.8. The Bertz CT molecular complexity index is 884. The summed E-state index contributed by atoms with van der Waals surface area (Å²) in [5.74, 6) is -0.856. The van der Waals surface area contributed by atoms with E-state index in [1.165, 1.54) is 22.7 Å². The number of hydrogen-bond donors (Lipinski definition) is 1. The molecule has 0 saturated heterocycles. The van der Waals surface area contributed by atoms with Gasteiger partial charge in [0.05, 0.1) is 5.69 Å². The average Bonchev–Trinajstić information content (AvgIpc) is 2.95. The Hall–Kier alpha value is -2.27. The lowest BCUT2D eigenvalue weighted by Crippen LogP contribution is -2.27. The second kappa shape index (κ2) is 5.74. The number of imidazole rings is 1. The van der Waals surface area contributed by atoms with E-state index >= 15 is 0 Å². The van der Waals surface area contributed by atoms with E-state index in [0.717, 1.165) is 11.1 Å². The number of aromatic nitrogens is 2. The molecule has 0 spiro atoms. The molecule has 0 atom stereocenters. The van der Waals surface area contributed by atoms with E-state index in [1.54, 1.807) is 20.0 Å². The minimum Gasteiger partial charge on any atom is -0.480 e. The first-order chi connectivity index (χ1) is 10.9. The topological polar surface area (TPSA) is 55.1 Å². The van der Waals surface area contributed by atoms with Crippen molar-refractivity contribution in [2.75, 3.05) is 0 Å². The van der Waals surface area contributed by atoms with Crippen LogP contribution in [0.15, 0.2) is 53.9 Å². The molecule has 0 fully saturated rings. The molecule has 1 heterocycles. The number of thioether (sulfide) groups is 1. The van der Waals surface area contributed by atoms with Gasteiger partial charge in [0.1, 0.15) is 4.75 Å². The van der Waals surface area contributed by atoms with E-state index in [1.807, 2.05) is 22.9 Å². The number of nitrogens with zero attached hydrogens (tertiary/aromatic N) is 2. The Balaban J connectivity index is 2.13. The average molecular weight is 326 g/mol. The number of carbonyl (C=O) groups is 1. The van der Waals surface area contributed by atoms with Gasteiger partial charge in [-0.15, -0.1) is 0 Å². The van der Waals surface area contributed by atoms with Crippen LogP contribution in [0.3, 0.4) is 0 Å². The van der Waals surface area contributed by atoms with Gasteiger partial charge in [0.15, 0.2) is 5.16 Å². The van der Waals surface area contributed by atoms with E-state index in [0.29, 0.717) is 5.16 Å². The quantitative estimate of drug-likeness (QED) is 0.727. The summed E-state index contributed by atoms with van der Waals surface area (Å²) in [6.07, 6.45) is 3.58. The SMILES string of the molecule is Cc1ccc(-n2ccnc2SC(C)(C)C(=O)O)c2ccccc12. The number of hydrogen-bond acceptors (Lipinski definition) is 3. The van der Waals surface area contributed by atoms with Crippen molar-refractivity contribution in [1.82, 2.24) is 9.55 Å². The van der Waals surface area contributed by atoms with Crippen LogP contribution in [0.4, 0.5) is 0 Å². The van der Waals surface area contributed by atoms with Gasteiger partial charge in [-0.1, -0.05) is 42.1 Å². The molecule has 0 saturated carbocycles. The molecule has 0 aliphatic heterocycles. The van der Waals surface area contributed by atoms with Crippen molar-refractivity contribution in [3.63, 3.8) is 0 Å². The number of carboxylic acid groups (broad SMARTS) is 1. The van der Waals surface area contributed by atoms with Crippen molar-refractivity contribution in [2.24, 2.45) is 0 Å². The lowest BCUT2D eigenvalue weighted by Gasteiger charge is -2.19. The van der Waals surface area contributed by atoms with Crippen LogP contribution in [0.25, 0.3) is 16.5 Å². The third-order valence-corrected chi connectivity index (χ3v) is 5.02. The van der Waals surface area contributed by atoms with Crippen LogP contribution in [0, 0.1) is 6.92 Å². The number of carboxylic acids is 1. The number of aryl methyl sites for hydroxylation is 1. The van der Waals surface area contributed by atoms with Gasteiger partial charge in [0.25, 0.3) is 0 Å². The van der Waals surface area contributed by atoms with Crippen molar-refractivity contribution in [2.45, 2.75) is 30.7 Å². The molecule has 23 heavy (non-hydrogen) atoms. The highest BCUT2D eigenvalue weighted by molar-refractivity contribution is 8.01. The molecule has 1 aromatic heterocycles. The molecular weight excluding hydrogens is 308 g/mol. The van der Waals surface area contributed by atoms with Crippen LogP contribution < -0.4 is 0 Å². The Kier molecular flexibility index (Phi) is 3.90. The Morgan fingerprint density at radius 2 is 1.87 bits per heavy atom. The summed E-state index contributed by atoms with van der Waals surface area (Å²) >= 11 is 1.25. The first-order valence-electron chi connectivity index (χ1n) is 7.34. The van der Waals surface area contributed by atoms with Gasteiger partial charge < -0.3 is 5.11 Å². The summed E-state index contributed by atoms with van der Waals surface area (Å²) in [4.78, 5) is 15.7. The summed E-state index contributed by atoms with van der Waals surface area (Å²) in [7, 11) is 0. The zero-order valence-corrected chi connectivity index (χ0v) is 14.1. The van der Waals surface area contributed by atoms with Crippen LogP contribution in [0.2, 0.25) is 0 Å². The minimum absolute atomic E-state index is 0.673. The van der Waals surface area contributed by atoms with Crippen molar-refractivity contribution in [1.29, 1.82) is 0 Å². The predicted octanol–water partition coefficient (Wildman–Crippen LogP) is 4.29. The first kappa shape index (κ1) is 15.6. The fraction of sp³-hybridized carbons (Fsp3) is 0.222. The van der Waals surface area contributed by atoms with Gasteiger partial charge in [0, 0.05) is 17.8 Å². The second-order valence-corrected chi connectivity index (χ2v) is 7.53. The molecule has 118 valence electrons. The van der Waals surface area contributed by atoms with Gasteiger partial charge in [-0.25, -0.2) is 4.98 Å². The molecule has 0 unspecified atom stereocenters. The largest absolute Gasteiger partial charge is 0.480 e. The summed E-state index contributed by atoms with van der Waals surface area (Å²) in [5.41, 5.74) is 2.22. The van der Waals surface area contributed by atoms with Crippen molar-refractivity contribution < 1.29 is 9.90 Å². The maximum Gasteiger partial charge on any atom is 0.319 e. The number of benzene rings is 2. The lowest BCUT2D eigenvalue weighted by molar-refractivity contribution is -0.138. The molecule has 5 heteroatoms. The maximum atomic E-state index is 11.4. The molecule has 1 N–H and O–H groups in total. The highest BCUT2D eigenvalue weighted by Crippen LogP contribution is 2.34. The molecule has 3 aromatic rings. The summed E-state index contributed by atoms with van der Waals surface area (Å²) in [6, 6.07) is 12.3. The molecule has 0 aliphatic carbocycles. The maximum absolute atomic E-state index is 11.4. The van der Waals surface area contributed by atoms with Gasteiger partial charge in [-0.3, -0.25) is 9.36 Å². The summed E-state index contributed by atoms with van der Waals surface area (Å²) < 4.78 is 1.01. The van der Waals surface area contributed by atoms with E-state index in [9.17, 15) is 9.90 Å². The van der Waals surface area contributed by atoms with E-state index in [-0.39, 0.29) is 0 Å². The smallest absolute Gasteiger partial charge is 0.319 e. The third kappa shape index (κ3) is 2.84. The van der Waals surface area contributed by atoms with Gasteiger partial charge in [0.2, 0.25) is 0 Å². The number of fused-ring (bicyclic) bond motifs is 1. The Morgan fingerprint density at radius 3 is 2.57 bits per heavy atom. The van der Waals surface area contributed by atoms with Crippen LogP contribution in [0.5, 0.6) is 0 Å². The molecule has 2 aromatic carbocycles. The Morgan fingerprint density at radius 1 is 1.17 bits per heavy atom. The second-order valence-electron chi connectivity index (χ2n) is 5.94.